The summed E-state index contributed by atoms with van der Waals surface area (Å²) >= 11 is 0. The van der Waals surface area contributed by atoms with E-state index in [0.29, 0.717) is 5.56 Å². The second-order valence-electron chi connectivity index (χ2n) is 5.14. The van der Waals surface area contributed by atoms with Gasteiger partial charge in [0.25, 0.3) is 0 Å². The van der Waals surface area contributed by atoms with Gasteiger partial charge in [0.1, 0.15) is 5.75 Å². The average molecular weight is 247 g/mol. The highest BCUT2D eigenvalue weighted by Gasteiger charge is 2.27. The van der Waals surface area contributed by atoms with Crippen molar-refractivity contribution in [2.24, 2.45) is 0 Å². The van der Waals surface area contributed by atoms with Crippen LogP contribution in [0.1, 0.15) is 29.5 Å². The monoisotopic (exact) mass is 247 g/mol. The van der Waals surface area contributed by atoms with Crippen LogP contribution in [-0.2, 0) is 24.1 Å². The molecule has 0 bridgehead atoms. The molecule has 2 heterocycles. The third-order valence-electron chi connectivity index (χ3n) is 3.92. The molecule has 18 heavy (non-hydrogen) atoms. The molecule has 1 aromatic carbocycles. The van der Waals surface area contributed by atoms with E-state index < -0.39 is 5.97 Å². The van der Waals surface area contributed by atoms with Crippen LogP contribution in [0.3, 0.4) is 0 Å². The zero-order valence-corrected chi connectivity index (χ0v) is 10.3. The van der Waals surface area contributed by atoms with Gasteiger partial charge in [-0.2, -0.15) is 0 Å². The number of phenols is 1. The number of carbonyl (C=O) groups is 1. The first kappa shape index (κ1) is 11.4. The minimum atomic E-state index is -0.888. The number of hydrogen-bond acceptors (Lipinski definition) is 3. The summed E-state index contributed by atoms with van der Waals surface area (Å²) < 4.78 is 0. The SMILES string of the molecule is O=C(O)Cc1cc2c3c(c1O)CCCN3CCC2. The van der Waals surface area contributed by atoms with Gasteiger partial charge in [0.2, 0.25) is 0 Å². The quantitative estimate of drug-likeness (QED) is 0.835. The van der Waals surface area contributed by atoms with E-state index in [1.165, 1.54) is 11.3 Å². The van der Waals surface area contributed by atoms with Crippen molar-refractivity contribution in [1.29, 1.82) is 0 Å². The standard InChI is InChI=1S/C14H17NO3/c16-12(17)8-10-7-9-3-1-5-15-6-2-4-11(13(9)15)14(10)18/h7,18H,1-6,8H2,(H,16,17). The predicted molar refractivity (Wildman–Crippen MR) is 68.3 cm³/mol. The molecule has 2 aliphatic heterocycles. The first-order chi connectivity index (χ1) is 8.66. The van der Waals surface area contributed by atoms with Crippen molar-refractivity contribution >= 4 is 11.7 Å². The smallest absolute Gasteiger partial charge is 0.307 e. The maximum atomic E-state index is 10.8. The van der Waals surface area contributed by atoms with Gasteiger partial charge >= 0.3 is 5.97 Å². The highest BCUT2D eigenvalue weighted by atomic mass is 16.4. The van der Waals surface area contributed by atoms with Crippen molar-refractivity contribution in [3.05, 3.63) is 22.8 Å². The molecule has 0 aromatic heterocycles. The van der Waals surface area contributed by atoms with Crippen LogP contribution in [0.5, 0.6) is 5.75 Å². The fraction of sp³-hybridized carbons (Fsp3) is 0.500. The van der Waals surface area contributed by atoms with Gasteiger partial charge in [-0.05, 0) is 37.3 Å². The first-order valence-corrected chi connectivity index (χ1v) is 6.50. The molecule has 0 fully saturated rings. The van der Waals surface area contributed by atoms with Gasteiger partial charge in [-0.1, -0.05) is 0 Å². The highest BCUT2D eigenvalue weighted by molar-refractivity contribution is 5.75. The summed E-state index contributed by atoms with van der Waals surface area (Å²) in [6.07, 6.45) is 3.91. The van der Waals surface area contributed by atoms with E-state index in [2.05, 4.69) is 4.90 Å². The summed E-state index contributed by atoms with van der Waals surface area (Å²) in [5.41, 5.74) is 3.93. The highest BCUT2D eigenvalue weighted by Crippen LogP contribution is 2.41. The Kier molecular flexibility index (Phi) is 2.65. The van der Waals surface area contributed by atoms with Crippen LogP contribution in [0.4, 0.5) is 5.69 Å². The summed E-state index contributed by atoms with van der Waals surface area (Å²) in [6.45, 7) is 2.11. The molecule has 0 atom stereocenters. The molecule has 1 aromatic rings. The Hall–Kier alpha value is -1.71. The summed E-state index contributed by atoms with van der Waals surface area (Å²) in [5, 5.41) is 19.2. The van der Waals surface area contributed by atoms with Gasteiger partial charge < -0.3 is 15.1 Å². The van der Waals surface area contributed by atoms with Crippen molar-refractivity contribution in [3.63, 3.8) is 0 Å². The zero-order valence-electron chi connectivity index (χ0n) is 10.3. The number of aliphatic carboxylic acids is 1. The minimum Gasteiger partial charge on any atom is -0.507 e. The first-order valence-electron chi connectivity index (χ1n) is 6.50. The zero-order chi connectivity index (χ0) is 12.7. The molecule has 0 saturated heterocycles. The van der Waals surface area contributed by atoms with Gasteiger partial charge in [-0.3, -0.25) is 4.79 Å². The molecule has 4 nitrogen and oxygen atoms in total. The number of aromatic hydroxyl groups is 1. The van der Waals surface area contributed by atoms with Crippen molar-refractivity contribution in [2.75, 3.05) is 18.0 Å². The van der Waals surface area contributed by atoms with Gasteiger partial charge in [-0.15, -0.1) is 0 Å². The Labute approximate surface area is 106 Å². The molecule has 0 saturated carbocycles. The normalized spacial score (nSPS) is 17.4. The molecule has 4 heteroatoms. The molecule has 3 rings (SSSR count). The van der Waals surface area contributed by atoms with E-state index in [-0.39, 0.29) is 12.2 Å². The lowest BCUT2D eigenvalue weighted by atomic mass is 9.88. The third kappa shape index (κ3) is 1.72. The van der Waals surface area contributed by atoms with E-state index >= 15 is 0 Å². The number of aryl methyl sites for hydroxylation is 1. The Morgan fingerprint density at radius 3 is 2.72 bits per heavy atom. The third-order valence-corrected chi connectivity index (χ3v) is 3.92. The van der Waals surface area contributed by atoms with E-state index in [1.807, 2.05) is 6.07 Å². The molecule has 0 unspecified atom stereocenters. The number of benzene rings is 1. The Balaban J connectivity index is 2.13. The number of anilines is 1. The average Bonchev–Trinajstić information content (AvgIpc) is 2.35. The van der Waals surface area contributed by atoms with Crippen LogP contribution < -0.4 is 4.90 Å². The topological polar surface area (TPSA) is 60.8 Å². The second kappa shape index (κ2) is 4.19. The molecule has 2 aliphatic rings. The molecule has 2 N–H and O–H groups in total. The lowest BCUT2D eigenvalue weighted by Crippen LogP contribution is -2.34. The van der Waals surface area contributed by atoms with Gasteiger partial charge in [0.05, 0.1) is 6.42 Å². The van der Waals surface area contributed by atoms with Crippen LogP contribution in [0, 0.1) is 0 Å². The van der Waals surface area contributed by atoms with Gasteiger partial charge in [0.15, 0.2) is 0 Å². The number of hydrogen-bond donors (Lipinski definition) is 2. The van der Waals surface area contributed by atoms with Crippen LogP contribution in [0.2, 0.25) is 0 Å². The van der Waals surface area contributed by atoms with Crippen molar-refractivity contribution in [2.45, 2.75) is 32.1 Å². The van der Waals surface area contributed by atoms with E-state index in [4.69, 9.17) is 5.11 Å². The van der Waals surface area contributed by atoms with E-state index in [9.17, 15) is 9.90 Å². The summed E-state index contributed by atoms with van der Waals surface area (Å²) in [5.74, 6) is -0.677. The Morgan fingerprint density at radius 1 is 1.28 bits per heavy atom. The number of nitrogens with zero attached hydrogens (tertiary/aromatic N) is 1. The molecule has 0 radical (unpaired) electrons. The summed E-state index contributed by atoms with van der Waals surface area (Å²) in [6, 6.07) is 1.89. The lowest BCUT2D eigenvalue weighted by molar-refractivity contribution is -0.136. The van der Waals surface area contributed by atoms with Crippen molar-refractivity contribution in [1.82, 2.24) is 0 Å². The lowest BCUT2D eigenvalue weighted by Gasteiger charge is -2.37. The number of carboxylic acid groups (broad SMARTS) is 1. The number of phenolic OH excluding ortho intramolecular Hbond substituents is 1. The Bertz CT molecular complexity index is 508. The van der Waals surface area contributed by atoms with E-state index in [1.54, 1.807) is 0 Å². The molecule has 0 aliphatic carbocycles. The van der Waals surface area contributed by atoms with Gasteiger partial charge in [0, 0.05) is 29.9 Å². The van der Waals surface area contributed by atoms with Crippen LogP contribution >= 0.6 is 0 Å². The number of rotatable bonds is 2. The fourth-order valence-electron chi connectivity index (χ4n) is 3.21. The minimum absolute atomic E-state index is 0.0912. The van der Waals surface area contributed by atoms with Crippen LogP contribution in [0.25, 0.3) is 0 Å². The molecule has 0 spiro atoms. The molecule has 0 amide bonds. The van der Waals surface area contributed by atoms with Gasteiger partial charge in [-0.25, -0.2) is 0 Å². The predicted octanol–water partition coefficient (Wildman–Crippen LogP) is 1.72. The maximum absolute atomic E-state index is 10.8. The van der Waals surface area contributed by atoms with E-state index in [0.717, 1.165) is 44.3 Å². The maximum Gasteiger partial charge on any atom is 0.307 e. The Morgan fingerprint density at radius 2 is 2.00 bits per heavy atom. The summed E-state index contributed by atoms with van der Waals surface area (Å²) in [4.78, 5) is 13.2. The molecule has 96 valence electrons. The number of carboxylic acids is 1. The van der Waals surface area contributed by atoms with Crippen LogP contribution in [0.15, 0.2) is 6.07 Å². The second-order valence-corrected chi connectivity index (χ2v) is 5.14. The van der Waals surface area contributed by atoms with Crippen LogP contribution in [-0.4, -0.2) is 29.3 Å². The molecular formula is C14H17NO3. The largest absolute Gasteiger partial charge is 0.507 e. The summed E-state index contributed by atoms with van der Waals surface area (Å²) in [7, 11) is 0. The van der Waals surface area contributed by atoms with Crippen molar-refractivity contribution < 1.29 is 15.0 Å². The fourth-order valence-corrected chi connectivity index (χ4v) is 3.21. The van der Waals surface area contributed by atoms with Crippen molar-refractivity contribution in [3.8, 4) is 5.75 Å². The molecular weight excluding hydrogens is 230 g/mol.